The van der Waals surface area contributed by atoms with Gasteiger partial charge in [-0.3, -0.25) is 18.4 Å². The largest absolute Gasteiger partial charge is 0.450 e. The number of likely N-dealkylation sites (tertiary alicyclic amines) is 1. The normalized spacial score (nSPS) is 18.6. The van der Waals surface area contributed by atoms with Crippen molar-refractivity contribution in [3.63, 3.8) is 0 Å². The van der Waals surface area contributed by atoms with E-state index in [0.717, 1.165) is 36.8 Å². The van der Waals surface area contributed by atoms with E-state index in [1.807, 2.05) is 6.07 Å². The van der Waals surface area contributed by atoms with Gasteiger partial charge in [0.2, 0.25) is 0 Å². The maximum absolute atomic E-state index is 13.3. The number of aryl methyl sites for hydroxylation is 1. The molecule has 1 unspecified atom stereocenters. The molecule has 2 aromatic carbocycles. The number of amides is 3. The molecular formula is C26H29N3O6S. The molecule has 5 rings (SSSR count). The fourth-order valence-corrected chi connectivity index (χ4v) is 6.24. The molecule has 2 aromatic rings. The van der Waals surface area contributed by atoms with Gasteiger partial charge in [0.25, 0.3) is 23.1 Å². The molecule has 0 radical (unpaired) electrons. The van der Waals surface area contributed by atoms with Crippen LogP contribution in [0.5, 0.6) is 0 Å². The van der Waals surface area contributed by atoms with E-state index in [9.17, 15) is 23.1 Å². The minimum atomic E-state index is -2.34. The summed E-state index contributed by atoms with van der Waals surface area (Å²) < 4.78 is 29.5. The lowest BCUT2D eigenvalue weighted by Crippen LogP contribution is -2.47. The molecule has 1 N–H and O–H groups in total. The Morgan fingerprint density at radius 2 is 1.72 bits per heavy atom. The summed E-state index contributed by atoms with van der Waals surface area (Å²) in [6.07, 6.45) is 4.03. The summed E-state index contributed by atoms with van der Waals surface area (Å²) in [7, 11) is 0. The van der Waals surface area contributed by atoms with Crippen molar-refractivity contribution in [2.75, 3.05) is 28.9 Å². The number of rotatable bonds is 5. The highest BCUT2D eigenvalue weighted by atomic mass is 32.2. The first-order chi connectivity index (χ1) is 17.4. The molecule has 0 aromatic heterocycles. The second kappa shape index (κ2) is 10.0. The molecule has 3 aliphatic rings. The van der Waals surface area contributed by atoms with Crippen LogP contribution in [0.25, 0.3) is 0 Å². The first-order valence-corrected chi connectivity index (χ1v) is 13.4. The molecule has 0 spiro atoms. The Morgan fingerprint density at radius 3 is 2.33 bits per heavy atom. The Hall–Kier alpha value is -3.24. The number of hydrogen-bond acceptors (Lipinski definition) is 5. The van der Waals surface area contributed by atoms with E-state index in [1.165, 1.54) is 9.21 Å². The molecule has 0 bridgehead atoms. The number of imide groups is 1. The van der Waals surface area contributed by atoms with Crippen LogP contribution in [0.2, 0.25) is 0 Å². The van der Waals surface area contributed by atoms with Crippen molar-refractivity contribution in [3.05, 3.63) is 58.7 Å². The number of ether oxygens (including phenoxy) is 1. The van der Waals surface area contributed by atoms with Gasteiger partial charge < -0.3 is 9.64 Å². The highest BCUT2D eigenvalue weighted by Crippen LogP contribution is 2.40. The van der Waals surface area contributed by atoms with Gasteiger partial charge in [0.05, 0.1) is 29.1 Å². The molecular weight excluding hydrogens is 482 g/mol. The van der Waals surface area contributed by atoms with Gasteiger partial charge in [-0.1, -0.05) is 12.1 Å². The smallest absolute Gasteiger partial charge is 0.409 e. The zero-order valence-electron chi connectivity index (χ0n) is 20.1. The summed E-state index contributed by atoms with van der Waals surface area (Å²) in [5.74, 6) is -0.750. The third-order valence-corrected chi connectivity index (χ3v) is 8.05. The molecule has 1 saturated heterocycles. The summed E-state index contributed by atoms with van der Waals surface area (Å²) in [4.78, 5) is 41.5. The van der Waals surface area contributed by atoms with Crippen molar-refractivity contribution in [2.24, 2.45) is 0 Å². The van der Waals surface area contributed by atoms with Crippen molar-refractivity contribution in [3.8, 4) is 0 Å². The molecule has 190 valence electrons. The molecule has 0 saturated carbocycles. The fourth-order valence-electron chi connectivity index (χ4n) is 5.49. The van der Waals surface area contributed by atoms with E-state index in [4.69, 9.17) is 4.74 Å². The van der Waals surface area contributed by atoms with Crippen molar-refractivity contribution < 1.29 is 27.9 Å². The van der Waals surface area contributed by atoms with E-state index in [1.54, 1.807) is 42.2 Å². The van der Waals surface area contributed by atoms with Crippen molar-refractivity contribution >= 4 is 40.5 Å². The molecule has 1 atom stereocenters. The molecule has 10 heteroatoms. The number of nitrogens with zero attached hydrogens (tertiary/aromatic N) is 3. The summed E-state index contributed by atoms with van der Waals surface area (Å²) in [5, 5.41) is 0. The molecule has 9 nitrogen and oxygen atoms in total. The van der Waals surface area contributed by atoms with Crippen molar-refractivity contribution in [2.45, 2.75) is 51.5 Å². The highest BCUT2D eigenvalue weighted by molar-refractivity contribution is 7.80. The molecule has 1 aliphatic carbocycles. The number of benzene rings is 2. The zero-order valence-corrected chi connectivity index (χ0v) is 21.0. The van der Waals surface area contributed by atoms with E-state index in [-0.39, 0.29) is 23.9 Å². The van der Waals surface area contributed by atoms with Gasteiger partial charge in [0.15, 0.2) is 0 Å². The van der Waals surface area contributed by atoms with E-state index in [2.05, 4.69) is 0 Å². The molecule has 2 aliphatic heterocycles. The Balaban J connectivity index is 1.51. The topological polar surface area (TPSA) is 107 Å². The van der Waals surface area contributed by atoms with E-state index < -0.39 is 11.3 Å². The molecule has 2 heterocycles. The summed E-state index contributed by atoms with van der Waals surface area (Å²) in [6, 6.07) is 10.1. The second-order valence-electron chi connectivity index (χ2n) is 9.27. The average Bonchev–Trinajstić information content (AvgIpc) is 3.14. The highest BCUT2D eigenvalue weighted by Gasteiger charge is 2.39. The summed E-state index contributed by atoms with van der Waals surface area (Å²) in [6.45, 7) is 2.87. The molecule has 1 fully saturated rings. The van der Waals surface area contributed by atoms with Crippen LogP contribution in [0, 0.1) is 0 Å². The Kier molecular flexibility index (Phi) is 6.81. The Morgan fingerprint density at radius 1 is 1.08 bits per heavy atom. The van der Waals surface area contributed by atoms with E-state index in [0.29, 0.717) is 55.0 Å². The Labute approximate surface area is 212 Å². The standard InChI is InChI=1S/C26H29N3O6S/c1-2-35-26(32)27-13-11-18(12-14-27)29(36(33)34)19-15-17-7-3-4-8-20(17)23(16-19)28-24(30)21-9-5-6-10-22(21)25(28)31/h5-6,9-10,15-16,18H,2-4,7-8,11-14H2,1H3,(H,33,34). The van der Waals surface area contributed by atoms with Gasteiger partial charge in [-0.05, 0) is 80.8 Å². The number of fused-ring (bicyclic) bond motifs is 2. The molecule has 3 amide bonds. The van der Waals surface area contributed by atoms with Crippen LogP contribution in [-0.4, -0.2) is 57.3 Å². The van der Waals surface area contributed by atoms with Gasteiger partial charge in [0.1, 0.15) is 0 Å². The number of anilines is 2. The van der Waals surface area contributed by atoms with Crippen LogP contribution in [0.4, 0.5) is 16.2 Å². The van der Waals surface area contributed by atoms with Crippen molar-refractivity contribution in [1.82, 2.24) is 4.90 Å². The monoisotopic (exact) mass is 511 g/mol. The summed E-state index contributed by atoms with van der Waals surface area (Å²) >= 11 is -2.34. The quantitative estimate of drug-likeness (QED) is 0.482. The van der Waals surface area contributed by atoms with Crippen LogP contribution in [0.1, 0.15) is 64.4 Å². The number of piperidine rings is 1. The lowest BCUT2D eigenvalue weighted by Gasteiger charge is -2.37. The van der Waals surface area contributed by atoms with E-state index >= 15 is 0 Å². The number of hydrogen-bond donors (Lipinski definition) is 1. The number of carbonyl (C=O) groups is 3. The summed E-state index contributed by atoms with van der Waals surface area (Å²) in [5.41, 5.74) is 3.66. The predicted molar refractivity (Wildman–Crippen MR) is 136 cm³/mol. The van der Waals surface area contributed by atoms with Gasteiger partial charge in [-0.2, -0.15) is 0 Å². The van der Waals surface area contributed by atoms with Crippen LogP contribution in [0.3, 0.4) is 0 Å². The van der Waals surface area contributed by atoms with Crippen LogP contribution in [0.15, 0.2) is 36.4 Å². The average molecular weight is 512 g/mol. The first kappa shape index (κ1) is 24.5. The maximum Gasteiger partial charge on any atom is 0.409 e. The van der Waals surface area contributed by atoms with Gasteiger partial charge in [0, 0.05) is 19.1 Å². The Bertz CT molecular complexity index is 1210. The lowest BCUT2D eigenvalue weighted by atomic mass is 9.89. The third kappa shape index (κ3) is 4.28. The minimum Gasteiger partial charge on any atom is -0.450 e. The second-order valence-corrected chi connectivity index (χ2v) is 10.1. The van der Waals surface area contributed by atoms with Crippen LogP contribution >= 0.6 is 0 Å². The third-order valence-electron chi connectivity index (χ3n) is 7.21. The molecule has 36 heavy (non-hydrogen) atoms. The minimum absolute atomic E-state index is 0.293. The zero-order chi connectivity index (χ0) is 25.4. The number of carbonyl (C=O) groups excluding carboxylic acids is 3. The first-order valence-electron chi connectivity index (χ1n) is 12.4. The lowest BCUT2D eigenvalue weighted by molar-refractivity contribution is 0.0923. The SMILES string of the molecule is CCOC(=O)N1CCC(N(c2cc3c(c(N4C(=O)c5ccccc5C4=O)c2)CCCC3)S(=O)O)CC1. The van der Waals surface area contributed by atoms with Crippen LogP contribution in [-0.2, 0) is 28.8 Å². The maximum atomic E-state index is 13.3. The predicted octanol–water partition coefficient (Wildman–Crippen LogP) is 3.93. The van der Waals surface area contributed by atoms with Crippen LogP contribution < -0.4 is 9.21 Å². The van der Waals surface area contributed by atoms with Crippen molar-refractivity contribution in [1.29, 1.82) is 0 Å². The fraction of sp³-hybridized carbons (Fsp3) is 0.423. The van der Waals surface area contributed by atoms with Gasteiger partial charge in [-0.15, -0.1) is 0 Å². The van der Waals surface area contributed by atoms with Gasteiger partial charge in [-0.25, -0.2) is 13.9 Å². The van der Waals surface area contributed by atoms with Gasteiger partial charge >= 0.3 is 6.09 Å².